The maximum absolute atomic E-state index is 10.7. The predicted molar refractivity (Wildman–Crippen MR) is 59.8 cm³/mol. The number of rotatable bonds is 6. The second-order valence-electron chi connectivity index (χ2n) is 3.46. The van der Waals surface area contributed by atoms with Crippen molar-refractivity contribution in [3.05, 3.63) is 11.3 Å². The van der Waals surface area contributed by atoms with E-state index in [0.29, 0.717) is 25.2 Å². The molecule has 1 rings (SSSR count). The summed E-state index contributed by atoms with van der Waals surface area (Å²) in [6, 6.07) is 0. The Morgan fingerprint density at radius 1 is 1.62 bits per heavy atom. The molecule has 1 aromatic heterocycles. The number of hydrogen-bond donors (Lipinski definition) is 2. The molecule has 0 fully saturated rings. The summed E-state index contributed by atoms with van der Waals surface area (Å²) in [5.41, 5.74) is 6.78. The van der Waals surface area contributed by atoms with Gasteiger partial charge in [-0.1, -0.05) is 0 Å². The molecule has 88 valence electrons. The number of carbonyl (C=O) groups excluding carboxylic acids is 2. The number of nitrogens with two attached hydrogens (primary N) is 1. The second-order valence-corrected chi connectivity index (χ2v) is 3.46. The van der Waals surface area contributed by atoms with Gasteiger partial charge >= 0.3 is 0 Å². The smallest absolute Gasteiger partial charge is 0.217 e. The highest BCUT2D eigenvalue weighted by Gasteiger charge is 2.14. The van der Waals surface area contributed by atoms with Crippen molar-refractivity contribution in [2.24, 2.45) is 5.73 Å². The molecule has 1 aromatic rings. The molecule has 16 heavy (non-hydrogen) atoms. The lowest BCUT2D eigenvalue weighted by molar-refractivity contribution is -0.118. The van der Waals surface area contributed by atoms with E-state index in [9.17, 15) is 9.59 Å². The van der Waals surface area contributed by atoms with Crippen molar-refractivity contribution in [3.8, 4) is 0 Å². The first-order chi connectivity index (χ1) is 7.60. The zero-order valence-electron chi connectivity index (χ0n) is 9.49. The van der Waals surface area contributed by atoms with Crippen LogP contribution in [0.1, 0.15) is 24.6 Å². The third-order valence-corrected chi connectivity index (χ3v) is 2.37. The lowest BCUT2D eigenvalue weighted by atomic mass is 10.1. The minimum absolute atomic E-state index is 0.254. The first-order valence-corrected chi connectivity index (χ1v) is 5.14. The number of amides is 2. The quantitative estimate of drug-likeness (QED) is 0.676. The highest BCUT2D eigenvalue weighted by Crippen LogP contribution is 2.20. The van der Waals surface area contributed by atoms with Gasteiger partial charge in [0.2, 0.25) is 12.3 Å². The van der Waals surface area contributed by atoms with Gasteiger partial charge in [0.25, 0.3) is 0 Å². The number of nitrogens with zero attached hydrogens (tertiary/aromatic N) is 2. The molecule has 0 radical (unpaired) electrons. The van der Waals surface area contributed by atoms with E-state index in [2.05, 4.69) is 10.4 Å². The number of carbonyl (C=O) groups is 2. The van der Waals surface area contributed by atoms with Crippen LogP contribution in [0.25, 0.3) is 0 Å². The van der Waals surface area contributed by atoms with Gasteiger partial charge in [0.05, 0.1) is 5.69 Å². The van der Waals surface area contributed by atoms with Gasteiger partial charge in [0, 0.05) is 18.5 Å². The second kappa shape index (κ2) is 5.29. The number of anilines is 1. The number of aromatic nitrogens is 2. The third kappa shape index (κ3) is 2.59. The topological polar surface area (TPSA) is 90.0 Å². The predicted octanol–water partition coefficient (Wildman–Crippen LogP) is 0.198. The first kappa shape index (κ1) is 12.2. The summed E-state index contributed by atoms with van der Waals surface area (Å²) in [5, 5.41) is 6.88. The van der Waals surface area contributed by atoms with Crippen LogP contribution in [0.2, 0.25) is 0 Å². The fraction of sp³-hybridized carbons (Fsp3) is 0.500. The highest BCUT2D eigenvalue weighted by atomic mass is 16.1. The number of aryl methyl sites for hydroxylation is 2. The summed E-state index contributed by atoms with van der Waals surface area (Å²) in [7, 11) is 0. The summed E-state index contributed by atoms with van der Waals surface area (Å²) in [6.07, 6.45) is 1.36. The molecule has 6 nitrogen and oxygen atoms in total. The van der Waals surface area contributed by atoms with Crippen LogP contribution in [-0.4, -0.2) is 22.1 Å². The fourth-order valence-electron chi connectivity index (χ4n) is 1.61. The van der Waals surface area contributed by atoms with Crippen molar-refractivity contribution in [3.63, 3.8) is 0 Å². The summed E-state index contributed by atoms with van der Waals surface area (Å²) in [4.78, 5) is 21.2. The largest absolute Gasteiger partial charge is 0.370 e. The lowest BCUT2D eigenvalue weighted by Crippen LogP contribution is -2.12. The van der Waals surface area contributed by atoms with Crippen molar-refractivity contribution in [1.82, 2.24) is 9.78 Å². The van der Waals surface area contributed by atoms with Crippen LogP contribution >= 0.6 is 0 Å². The van der Waals surface area contributed by atoms with E-state index in [1.54, 1.807) is 4.68 Å². The van der Waals surface area contributed by atoms with E-state index in [1.807, 2.05) is 13.8 Å². The van der Waals surface area contributed by atoms with Crippen LogP contribution in [-0.2, 0) is 22.6 Å². The molecule has 0 aliphatic heterocycles. The van der Waals surface area contributed by atoms with Crippen LogP contribution < -0.4 is 11.1 Å². The normalized spacial score (nSPS) is 10.1. The van der Waals surface area contributed by atoms with Gasteiger partial charge in [-0.3, -0.25) is 9.59 Å². The Labute approximate surface area is 93.8 Å². The molecule has 0 unspecified atom stereocenters. The van der Waals surface area contributed by atoms with E-state index < -0.39 is 0 Å². The monoisotopic (exact) mass is 224 g/mol. The average Bonchev–Trinajstić information content (AvgIpc) is 2.53. The number of nitrogens with one attached hydrogen (secondary N) is 1. The van der Waals surface area contributed by atoms with Gasteiger partial charge in [-0.05, 0) is 20.3 Å². The molecule has 3 N–H and O–H groups in total. The van der Waals surface area contributed by atoms with Crippen molar-refractivity contribution < 1.29 is 9.59 Å². The Morgan fingerprint density at radius 2 is 2.31 bits per heavy atom. The molecule has 1 heterocycles. The average molecular weight is 224 g/mol. The van der Waals surface area contributed by atoms with Gasteiger partial charge in [-0.15, -0.1) is 0 Å². The van der Waals surface area contributed by atoms with E-state index in [-0.39, 0.29) is 12.3 Å². The lowest BCUT2D eigenvalue weighted by Gasteiger charge is -2.05. The van der Waals surface area contributed by atoms with Gasteiger partial charge in [0.1, 0.15) is 5.82 Å². The molecule has 0 aromatic carbocycles. The first-order valence-electron chi connectivity index (χ1n) is 5.14. The zero-order chi connectivity index (χ0) is 12.1. The molecule has 0 aliphatic carbocycles. The SMILES string of the molecule is CCn1nc(C)c(CCC(N)=O)c1NC=O. The standard InChI is InChI=1S/C10H16N4O2/c1-3-14-10(12-6-15)8(7(2)13-14)4-5-9(11)16/h6H,3-5H2,1-2H3,(H2,11,16)(H,12,15). The molecule has 2 amide bonds. The Kier molecular flexibility index (Phi) is 4.04. The van der Waals surface area contributed by atoms with Crippen LogP contribution in [0.4, 0.5) is 5.82 Å². The highest BCUT2D eigenvalue weighted by molar-refractivity contribution is 5.75. The van der Waals surface area contributed by atoms with Crippen molar-refractivity contribution in [2.75, 3.05) is 5.32 Å². The zero-order valence-corrected chi connectivity index (χ0v) is 9.49. The van der Waals surface area contributed by atoms with Gasteiger partial charge in [-0.25, -0.2) is 4.68 Å². The fourth-order valence-corrected chi connectivity index (χ4v) is 1.61. The maximum atomic E-state index is 10.7. The Morgan fingerprint density at radius 3 is 2.81 bits per heavy atom. The molecule has 6 heteroatoms. The van der Waals surface area contributed by atoms with E-state index in [0.717, 1.165) is 11.3 Å². The van der Waals surface area contributed by atoms with Gasteiger partial charge in [0.15, 0.2) is 0 Å². The van der Waals surface area contributed by atoms with E-state index in [1.165, 1.54) is 0 Å². The Balaban J connectivity index is 2.99. The molecule has 0 atom stereocenters. The maximum Gasteiger partial charge on any atom is 0.217 e. The van der Waals surface area contributed by atoms with Crippen molar-refractivity contribution >= 4 is 18.1 Å². The summed E-state index contributed by atoms with van der Waals surface area (Å²) in [6.45, 7) is 4.44. The van der Waals surface area contributed by atoms with Gasteiger partial charge < -0.3 is 11.1 Å². The molecule has 0 saturated carbocycles. The Bertz CT molecular complexity index is 398. The van der Waals surface area contributed by atoms with Crippen LogP contribution in [0.5, 0.6) is 0 Å². The Hall–Kier alpha value is -1.85. The molecule has 0 saturated heterocycles. The van der Waals surface area contributed by atoms with Crippen molar-refractivity contribution in [2.45, 2.75) is 33.2 Å². The summed E-state index contributed by atoms with van der Waals surface area (Å²) >= 11 is 0. The van der Waals surface area contributed by atoms with Crippen LogP contribution in [0.3, 0.4) is 0 Å². The van der Waals surface area contributed by atoms with Gasteiger partial charge in [-0.2, -0.15) is 5.10 Å². The molecule has 0 spiro atoms. The molecular weight excluding hydrogens is 208 g/mol. The van der Waals surface area contributed by atoms with E-state index in [4.69, 9.17) is 5.73 Å². The molecular formula is C10H16N4O2. The third-order valence-electron chi connectivity index (χ3n) is 2.37. The molecule has 0 bridgehead atoms. The summed E-state index contributed by atoms with van der Waals surface area (Å²) < 4.78 is 1.69. The number of hydrogen-bond acceptors (Lipinski definition) is 3. The van der Waals surface area contributed by atoms with Crippen molar-refractivity contribution in [1.29, 1.82) is 0 Å². The minimum atomic E-state index is -0.360. The van der Waals surface area contributed by atoms with E-state index >= 15 is 0 Å². The number of primary amides is 1. The minimum Gasteiger partial charge on any atom is -0.370 e. The van der Waals surface area contributed by atoms with Crippen LogP contribution in [0, 0.1) is 6.92 Å². The van der Waals surface area contributed by atoms with Crippen LogP contribution in [0.15, 0.2) is 0 Å². The molecule has 0 aliphatic rings. The summed E-state index contributed by atoms with van der Waals surface area (Å²) in [5.74, 6) is 0.289.